The fraction of sp³-hybridized carbons (Fsp3) is 0.625. The molecular formula is C16H27NO. The maximum Gasteiger partial charge on any atom is 0.0540 e. The van der Waals surface area contributed by atoms with Crippen LogP contribution in [0.2, 0.25) is 0 Å². The Bertz CT molecular complexity index is 356. The smallest absolute Gasteiger partial charge is 0.0540 e. The third kappa shape index (κ3) is 3.82. The molecule has 0 saturated heterocycles. The van der Waals surface area contributed by atoms with Gasteiger partial charge in [-0.15, -0.1) is 0 Å². The van der Waals surface area contributed by atoms with E-state index in [4.69, 9.17) is 5.73 Å². The van der Waals surface area contributed by atoms with E-state index in [1.807, 2.05) is 6.07 Å². The first-order chi connectivity index (χ1) is 8.54. The molecule has 18 heavy (non-hydrogen) atoms. The molecule has 0 radical (unpaired) electrons. The number of hydrogen-bond acceptors (Lipinski definition) is 2. The molecule has 0 saturated carbocycles. The van der Waals surface area contributed by atoms with E-state index in [0.29, 0.717) is 12.5 Å². The topological polar surface area (TPSA) is 46.2 Å². The van der Waals surface area contributed by atoms with Gasteiger partial charge in [-0.25, -0.2) is 0 Å². The van der Waals surface area contributed by atoms with E-state index in [1.54, 1.807) is 0 Å². The van der Waals surface area contributed by atoms with Crippen molar-refractivity contribution in [3.8, 4) is 0 Å². The molecule has 0 bridgehead atoms. The summed E-state index contributed by atoms with van der Waals surface area (Å²) in [5.74, 6) is 0.705. The molecule has 0 spiro atoms. The molecule has 0 aliphatic carbocycles. The highest BCUT2D eigenvalue weighted by Crippen LogP contribution is 2.30. The first-order valence-electron chi connectivity index (χ1n) is 6.92. The van der Waals surface area contributed by atoms with Crippen LogP contribution >= 0.6 is 0 Å². The molecule has 0 amide bonds. The van der Waals surface area contributed by atoms with Gasteiger partial charge in [0.25, 0.3) is 0 Å². The molecule has 1 rings (SSSR count). The average molecular weight is 249 g/mol. The van der Waals surface area contributed by atoms with Crippen LogP contribution in [0.5, 0.6) is 0 Å². The van der Waals surface area contributed by atoms with Crippen molar-refractivity contribution in [1.82, 2.24) is 0 Å². The first kappa shape index (κ1) is 15.2. The van der Waals surface area contributed by atoms with Gasteiger partial charge < -0.3 is 10.8 Å². The number of aliphatic hydroxyl groups is 1. The van der Waals surface area contributed by atoms with Crippen LogP contribution in [0, 0.1) is 12.8 Å². The quantitative estimate of drug-likeness (QED) is 0.780. The molecule has 1 aromatic carbocycles. The Balaban J connectivity index is 2.85. The van der Waals surface area contributed by atoms with Gasteiger partial charge in [-0.3, -0.25) is 0 Å². The summed E-state index contributed by atoms with van der Waals surface area (Å²) in [6.07, 6.45) is 3.26. The lowest BCUT2D eigenvalue weighted by Gasteiger charge is -2.31. The minimum Gasteiger partial charge on any atom is -0.395 e. The highest BCUT2D eigenvalue weighted by molar-refractivity contribution is 5.30. The van der Waals surface area contributed by atoms with E-state index >= 15 is 0 Å². The van der Waals surface area contributed by atoms with E-state index in [0.717, 1.165) is 12.8 Å². The molecule has 1 atom stereocenters. The van der Waals surface area contributed by atoms with Gasteiger partial charge in [-0.05, 0) is 24.8 Å². The summed E-state index contributed by atoms with van der Waals surface area (Å²) in [7, 11) is 0. The Hall–Kier alpha value is -0.860. The molecule has 102 valence electrons. The fourth-order valence-electron chi connectivity index (χ4n) is 2.42. The van der Waals surface area contributed by atoms with Crippen molar-refractivity contribution >= 4 is 0 Å². The molecule has 0 aliphatic rings. The van der Waals surface area contributed by atoms with Crippen molar-refractivity contribution in [2.45, 2.75) is 45.4 Å². The Morgan fingerprint density at radius 2 is 2.06 bits per heavy atom. The summed E-state index contributed by atoms with van der Waals surface area (Å²) in [6, 6.07) is 8.37. The largest absolute Gasteiger partial charge is 0.395 e. The molecule has 0 aliphatic heterocycles. The summed E-state index contributed by atoms with van der Waals surface area (Å²) in [6.45, 7) is 7.18. The van der Waals surface area contributed by atoms with E-state index < -0.39 is 0 Å². The van der Waals surface area contributed by atoms with Crippen LogP contribution < -0.4 is 5.73 Å². The molecule has 2 heteroatoms. The summed E-state index contributed by atoms with van der Waals surface area (Å²) in [5.41, 5.74) is 8.10. The summed E-state index contributed by atoms with van der Waals surface area (Å²) < 4.78 is 0. The maximum absolute atomic E-state index is 9.81. The summed E-state index contributed by atoms with van der Waals surface area (Å²) >= 11 is 0. The fourth-order valence-corrected chi connectivity index (χ4v) is 2.42. The molecule has 0 fully saturated rings. The first-order valence-corrected chi connectivity index (χ1v) is 6.92. The van der Waals surface area contributed by atoms with Crippen LogP contribution in [0.25, 0.3) is 0 Å². The Labute approximate surface area is 111 Å². The highest BCUT2D eigenvalue weighted by Gasteiger charge is 2.29. The third-order valence-electron chi connectivity index (χ3n) is 3.76. The van der Waals surface area contributed by atoms with Gasteiger partial charge in [0.15, 0.2) is 0 Å². The van der Waals surface area contributed by atoms with Crippen LogP contribution in [0.15, 0.2) is 24.3 Å². The van der Waals surface area contributed by atoms with Crippen molar-refractivity contribution in [3.63, 3.8) is 0 Å². The van der Waals surface area contributed by atoms with Crippen LogP contribution in [0.4, 0.5) is 0 Å². The molecule has 1 unspecified atom stereocenters. The van der Waals surface area contributed by atoms with Gasteiger partial charge in [-0.2, -0.15) is 0 Å². The van der Waals surface area contributed by atoms with Crippen molar-refractivity contribution in [1.29, 1.82) is 0 Å². The lowest BCUT2D eigenvalue weighted by molar-refractivity contribution is 0.183. The van der Waals surface area contributed by atoms with Crippen LogP contribution in [0.3, 0.4) is 0 Å². The lowest BCUT2D eigenvalue weighted by Crippen LogP contribution is -2.39. The van der Waals surface area contributed by atoms with Gasteiger partial charge in [0, 0.05) is 12.0 Å². The maximum atomic E-state index is 9.81. The standard InChI is InChI=1S/C16H27NO/c1-13(2)6-5-9-16(11-17,12-18)15-8-4-7-14(3)10-15/h4,7-8,10,13,18H,5-6,9,11-12,17H2,1-3H3. The Morgan fingerprint density at radius 1 is 1.33 bits per heavy atom. The van der Waals surface area contributed by atoms with Gasteiger partial charge in [0.1, 0.15) is 0 Å². The van der Waals surface area contributed by atoms with Gasteiger partial charge in [0.2, 0.25) is 0 Å². The minimum atomic E-state index is -0.263. The zero-order valence-electron chi connectivity index (χ0n) is 11.9. The SMILES string of the molecule is Cc1cccc(C(CN)(CO)CCCC(C)C)c1. The number of benzene rings is 1. The molecule has 2 nitrogen and oxygen atoms in total. The second kappa shape index (κ2) is 6.91. The monoisotopic (exact) mass is 249 g/mol. The number of hydrogen-bond donors (Lipinski definition) is 2. The normalized spacial score (nSPS) is 14.8. The third-order valence-corrected chi connectivity index (χ3v) is 3.76. The summed E-state index contributed by atoms with van der Waals surface area (Å²) in [4.78, 5) is 0. The van der Waals surface area contributed by atoms with Gasteiger partial charge in [-0.1, -0.05) is 56.5 Å². The van der Waals surface area contributed by atoms with E-state index in [9.17, 15) is 5.11 Å². The van der Waals surface area contributed by atoms with Crippen molar-refractivity contribution in [2.24, 2.45) is 11.7 Å². The van der Waals surface area contributed by atoms with Crippen molar-refractivity contribution in [3.05, 3.63) is 35.4 Å². The Kier molecular flexibility index (Phi) is 5.83. The zero-order valence-corrected chi connectivity index (χ0v) is 11.9. The molecule has 3 N–H and O–H groups in total. The average Bonchev–Trinajstić information content (AvgIpc) is 2.35. The van der Waals surface area contributed by atoms with Crippen LogP contribution in [-0.4, -0.2) is 18.3 Å². The summed E-state index contributed by atoms with van der Waals surface area (Å²) in [5, 5.41) is 9.81. The Morgan fingerprint density at radius 3 is 2.56 bits per heavy atom. The predicted octanol–water partition coefficient (Wildman–Crippen LogP) is 3.01. The van der Waals surface area contributed by atoms with Gasteiger partial charge in [0.05, 0.1) is 6.61 Å². The highest BCUT2D eigenvalue weighted by atomic mass is 16.3. The second-order valence-corrected chi connectivity index (χ2v) is 5.80. The van der Waals surface area contributed by atoms with Crippen LogP contribution in [-0.2, 0) is 5.41 Å². The zero-order chi connectivity index (χ0) is 13.6. The molecular weight excluding hydrogens is 222 g/mol. The lowest BCUT2D eigenvalue weighted by atomic mass is 9.76. The van der Waals surface area contributed by atoms with E-state index in [2.05, 4.69) is 39.0 Å². The molecule has 1 aromatic rings. The number of aliphatic hydroxyl groups excluding tert-OH is 1. The van der Waals surface area contributed by atoms with Crippen LogP contribution in [0.1, 0.15) is 44.2 Å². The van der Waals surface area contributed by atoms with Crippen molar-refractivity contribution < 1.29 is 5.11 Å². The molecule has 0 heterocycles. The minimum absolute atomic E-state index is 0.130. The number of aryl methyl sites for hydroxylation is 1. The predicted molar refractivity (Wildman–Crippen MR) is 77.7 cm³/mol. The van der Waals surface area contributed by atoms with E-state index in [-0.39, 0.29) is 12.0 Å². The second-order valence-electron chi connectivity index (χ2n) is 5.80. The van der Waals surface area contributed by atoms with E-state index in [1.165, 1.54) is 17.5 Å². The van der Waals surface area contributed by atoms with Crippen molar-refractivity contribution in [2.75, 3.05) is 13.2 Å². The molecule has 0 aromatic heterocycles. The number of nitrogens with two attached hydrogens (primary N) is 1. The van der Waals surface area contributed by atoms with Gasteiger partial charge >= 0.3 is 0 Å². The number of rotatable bonds is 7.